The van der Waals surface area contributed by atoms with E-state index < -0.39 is 0 Å². The van der Waals surface area contributed by atoms with Gasteiger partial charge in [0, 0.05) is 31.7 Å². The van der Waals surface area contributed by atoms with Crippen molar-refractivity contribution in [3.63, 3.8) is 0 Å². The number of aliphatic hydroxyl groups excluding tert-OH is 1. The number of hydrogen-bond donors (Lipinski definition) is 1. The monoisotopic (exact) mass is 249 g/mol. The molecule has 0 aromatic carbocycles. The molecule has 0 unspecified atom stereocenters. The molecule has 18 heavy (non-hydrogen) atoms. The van der Waals surface area contributed by atoms with E-state index in [1.54, 1.807) is 0 Å². The van der Waals surface area contributed by atoms with E-state index in [0.717, 1.165) is 37.7 Å². The third-order valence-electron chi connectivity index (χ3n) is 3.51. The fourth-order valence-corrected chi connectivity index (χ4v) is 2.34. The summed E-state index contributed by atoms with van der Waals surface area (Å²) in [7, 11) is 0. The van der Waals surface area contributed by atoms with Gasteiger partial charge in [0.05, 0.1) is 12.3 Å². The average Bonchev–Trinajstić information content (AvgIpc) is 2.38. The number of rotatable bonds is 2. The Hall–Kier alpha value is -1.13. The molecule has 1 N–H and O–H groups in total. The Balaban J connectivity index is 2.01. The van der Waals surface area contributed by atoms with Crippen LogP contribution in [0.25, 0.3) is 0 Å². The quantitative estimate of drug-likeness (QED) is 0.862. The smallest absolute Gasteiger partial charge is 0.128 e. The van der Waals surface area contributed by atoms with Gasteiger partial charge in [-0.05, 0) is 32.9 Å². The van der Waals surface area contributed by atoms with Crippen LogP contribution in [-0.4, -0.2) is 46.7 Å². The van der Waals surface area contributed by atoms with Crippen LogP contribution in [-0.2, 0) is 6.61 Å². The van der Waals surface area contributed by atoms with E-state index in [1.165, 1.54) is 0 Å². The molecular weight excluding hydrogens is 226 g/mol. The fraction of sp³-hybridized carbons (Fsp3) is 0.643. The Morgan fingerprint density at radius 3 is 2.39 bits per heavy atom. The van der Waals surface area contributed by atoms with Gasteiger partial charge < -0.3 is 10.0 Å². The Morgan fingerprint density at radius 1 is 1.17 bits per heavy atom. The number of anilines is 1. The van der Waals surface area contributed by atoms with E-state index in [1.807, 2.05) is 18.2 Å². The highest BCUT2D eigenvalue weighted by Gasteiger charge is 2.26. The van der Waals surface area contributed by atoms with Gasteiger partial charge in [-0.25, -0.2) is 4.98 Å². The number of piperazine rings is 1. The summed E-state index contributed by atoms with van der Waals surface area (Å²) in [6, 6.07) is 5.84. The van der Waals surface area contributed by atoms with Crippen molar-refractivity contribution in [2.75, 3.05) is 31.1 Å². The van der Waals surface area contributed by atoms with Crippen LogP contribution in [0, 0.1) is 0 Å². The van der Waals surface area contributed by atoms with Crippen molar-refractivity contribution in [1.82, 2.24) is 9.88 Å². The lowest BCUT2D eigenvalue weighted by Gasteiger charge is -2.42. The topological polar surface area (TPSA) is 39.6 Å². The molecule has 0 saturated carbocycles. The third-order valence-corrected chi connectivity index (χ3v) is 3.51. The van der Waals surface area contributed by atoms with Crippen LogP contribution in [0.5, 0.6) is 0 Å². The van der Waals surface area contributed by atoms with Crippen LogP contribution in [0.4, 0.5) is 5.82 Å². The summed E-state index contributed by atoms with van der Waals surface area (Å²) in [5, 5.41) is 9.12. The van der Waals surface area contributed by atoms with Gasteiger partial charge in [0.15, 0.2) is 0 Å². The maximum absolute atomic E-state index is 9.12. The average molecular weight is 249 g/mol. The van der Waals surface area contributed by atoms with Crippen molar-refractivity contribution in [1.29, 1.82) is 0 Å². The number of aliphatic hydroxyl groups is 1. The van der Waals surface area contributed by atoms with Crippen LogP contribution in [0.1, 0.15) is 26.5 Å². The van der Waals surface area contributed by atoms with E-state index in [0.29, 0.717) is 0 Å². The molecule has 1 aliphatic heterocycles. The standard InChI is InChI=1S/C14H23N3O/c1-14(2,3)17-9-7-16(8-10-17)13-6-4-5-12(11-18)15-13/h4-6,18H,7-11H2,1-3H3. The third kappa shape index (κ3) is 3.00. The van der Waals surface area contributed by atoms with Crippen molar-refractivity contribution in [2.24, 2.45) is 0 Å². The zero-order chi connectivity index (χ0) is 13.2. The number of hydrogen-bond acceptors (Lipinski definition) is 4. The molecule has 1 aromatic rings. The molecule has 2 rings (SSSR count). The summed E-state index contributed by atoms with van der Waals surface area (Å²) >= 11 is 0. The zero-order valence-electron chi connectivity index (χ0n) is 11.6. The summed E-state index contributed by atoms with van der Waals surface area (Å²) in [5.41, 5.74) is 0.984. The molecule has 0 aliphatic carbocycles. The van der Waals surface area contributed by atoms with Crippen LogP contribution in [0.2, 0.25) is 0 Å². The Kier molecular flexibility index (Phi) is 3.88. The molecule has 100 valence electrons. The highest BCUT2D eigenvalue weighted by molar-refractivity contribution is 5.39. The summed E-state index contributed by atoms with van der Waals surface area (Å²) in [6.45, 7) is 10.9. The van der Waals surface area contributed by atoms with Gasteiger partial charge in [-0.1, -0.05) is 6.07 Å². The molecule has 1 saturated heterocycles. The summed E-state index contributed by atoms with van der Waals surface area (Å²) < 4.78 is 0. The Labute approximate surface area is 109 Å². The molecule has 0 radical (unpaired) electrons. The molecular formula is C14H23N3O. The second kappa shape index (κ2) is 5.24. The first-order valence-corrected chi connectivity index (χ1v) is 6.57. The Bertz CT molecular complexity index is 392. The number of pyridine rings is 1. The first-order valence-electron chi connectivity index (χ1n) is 6.57. The first-order chi connectivity index (χ1) is 8.50. The predicted molar refractivity (Wildman–Crippen MR) is 73.7 cm³/mol. The minimum atomic E-state index is 0.00972. The zero-order valence-corrected chi connectivity index (χ0v) is 11.6. The van der Waals surface area contributed by atoms with Gasteiger partial charge in [0.1, 0.15) is 5.82 Å². The van der Waals surface area contributed by atoms with Gasteiger partial charge in [0.25, 0.3) is 0 Å². The van der Waals surface area contributed by atoms with Crippen molar-refractivity contribution < 1.29 is 5.11 Å². The van der Waals surface area contributed by atoms with E-state index >= 15 is 0 Å². The normalized spacial score (nSPS) is 18.1. The molecule has 0 amide bonds. The van der Waals surface area contributed by atoms with Crippen molar-refractivity contribution in [3.8, 4) is 0 Å². The van der Waals surface area contributed by atoms with Gasteiger partial charge in [-0.15, -0.1) is 0 Å². The molecule has 0 bridgehead atoms. The Morgan fingerprint density at radius 2 is 1.83 bits per heavy atom. The minimum absolute atomic E-state index is 0.00972. The maximum atomic E-state index is 9.12. The predicted octanol–water partition coefficient (Wildman–Crippen LogP) is 1.49. The maximum Gasteiger partial charge on any atom is 0.128 e. The largest absolute Gasteiger partial charge is 0.390 e. The van der Waals surface area contributed by atoms with E-state index in [4.69, 9.17) is 5.11 Å². The van der Waals surface area contributed by atoms with Crippen molar-refractivity contribution in [3.05, 3.63) is 23.9 Å². The van der Waals surface area contributed by atoms with Crippen LogP contribution in [0.3, 0.4) is 0 Å². The molecule has 0 atom stereocenters. The van der Waals surface area contributed by atoms with E-state index in [-0.39, 0.29) is 12.1 Å². The van der Waals surface area contributed by atoms with Crippen LogP contribution in [0.15, 0.2) is 18.2 Å². The molecule has 1 aromatic heterocycles. The lowest BCUT2D eigenvalue weighted by atomic mass is 10.1. The highest BCUT2D eigenvalue weighted by atomic mass is 16.3. The van der Waals surface area contributed by atoms with Crippen molar-refractivity contribution in [2.45, 2.75) is 32.9 Å². The molecule has 1 fully saturated rings. The minimum Gasteiger partial charge on any atom is -0.390 e. The van der Waals surface area contributed by atoms with Crippen LogP contribution >= 0.6 is 0 Å². The van der Waals surface area contributed by atoms with Gasteiger partial charge >= 0.3 is 0 Å². The summed E-state index contributed by atoms with van der Waals surface area (Å²) in [5.74, 6) is 0.982. The van der Waals surface area contributed by atoms with Gasteiger partial charge in [0.2, 0.25) is 0 Å². The second-order valence-corrected chi connectivity index (χ2v) is 5.79. The SMILES string of the molecule is CC(C)(C)N1CCN(c2cccc(CO)n2)CC1. The van der Waals surface area contributed by atoms with E-state index in [9.17, 15) is 0 Å². The van der Waals surface area contributed by atoms with Gasteiger partial charge in [-0.3, -0.25) is 4.90 Å². The number of nitrogens with zero attached hydrogens (tertiary/aromatic N) is 3. The number of aromatic nitrogens is 1. The highest BCUT2D eigenvalue weighted by Crippen LogP contribution is 2.19. The van der Waals surface area contributed by atoms with E-state index in [2.05, 4.69) is 35.6 Å². The summed E-state index contributed by atoms with van der Waals surface area (Å²) in [6.07, 6.45) is 0. The lowest BCUT2D eigenvalue weighted by molar-refractivity contribution is 0.128. The summed E-state index contributed by atoms with van der Waals surface area (Å²) in [4.78, 5) is 9.25. The van der Waals surface area contributed by atoms with Crippen molar-refractivity contribution >= 4 is 5.82 Å². The van der Waals surface area contributed by atoms with Gasteiger partial charge in [-0.2, -0.15) is 0 Å². The molecule has 1 aliphatic rings. The second-order valence-electron chi connectivity index (χ2n) is 5.79. The first kappa shape index (κ1) is 13.3. The fourth-order valence-electron chi connectivity index (χ4n) is 2.34. The molecule has 4 heteroatoms. The molecule has 0 spiro atoms. The van der Waals surface area contributed by atoms with Crippen LogP contribution < -0.4 is 4.90 Å². The molecule has 4 nitrogen and oxygen atoms in total. The lowest BCUT2D eigenvalue weighted by Crippen LogP contribution is -2.53. The molecule has 2 heterocycles.